The van der Waals surface area contributed by atoms with E-state index in [4.69, 9.17) is 9.63 Å². The van der Waals surface area contributed by atoms with E-state index in [2.05, 4.69) is 20.8 Å². The van der Waals surface area contributed by atoms with Crippen LogP contribution in [0, 0.1) is 0 Å². The van der Waals surface area contributed by atoms with Crippen molar-refractivity contribution >= 4 is 11.9 Å². The maximum atomic E-state index is 11.5. The van der Waals surface area contributed by atoms with Crippen molar-refractivity contribution in [2.45, 2.75) is 25.3 Å². The van der Waals surface area contributed by atoms with Gasteiger partial charge < -0.3 is 20.3 Å². The molecule has 2 rings (SSSR count). The molecule has 1 aliphatic rings. The lowest BCUT2D eigenvalue weighted by Crippen LogP contribution is -2.27. The van der Waals surface area contributed by atoms with E-state index in [9.17, 15) is 9.59 Å². The Balaban J connectivity index is 1.88. The Hall–Kier alpha value is -1.96. The van der Waals surface area contributed by atoms with E-state index in [1.165, 1.54) is 0 Å². The van der Waals surface area contributed by atoms with Gasteiger partial charge in [0.1, 0.15) is 0 Å². The summed E-state index contributed by atoms with van der Waals surface area (Å²) in [6.07, 6.45) is 1.80. The minimum atomic E-state index is -0.973. The number of hydrogen-bond acceptors (Lipinski definition) is 6. The summed E-state index contributed by atoms with van der Waals surface area (Å²) in [5, 5.41) is 17.6. The van der Waals surface area contributed by atoms with E-state index in [1.807, 2.05) is 0 Å². The zero-order valence-corrected chi connectivity index (χ0v) is 9.68. The molecule has 18 heavy (non-hydrogen) atoms. The van der Waals surface area contributed by atoms with Crippen LogP contribution in [0.4, 0.5) is 0 Å². The Morgan fingerprint density at radius 1 is 1.56 bits per heavy atom. The molecule has 98 valence electrons. The Morgan fingerprint density at radius 3 is 3.06 bits per heavy atom. The van der Waals surface area contributed by atoms with Crippen molar-refractivity contribution in [3.63, 3.8) is 0 Å². The molecule has 2 heterocycles. The fraction of sp³-hybridized carbons (Fsp3) is 0.600. The van der Waals surface area contributed by atoms with Crippen LogP contribution in [0.1, 0.15) is 41.8 Å². The van der Waals surface area contributed by atoms with Gasteiger partial charge in [-0.3, -0.25) is 9.59 Å². The average Bonchev–Trinajstić information content (AvgIpc) is 2.99. The third kappa shape index (κ3) is 3.04. The van der Waals surface area contributed by atoms with Crippen LogP contribution in [-0.4, -0.2) is 40.2 Å². The van der Waals surface area contributed by atoms with Crippen LogP contribution in [0.25, 0.3) is 0 Å². The highest BCUT2D eigenvalue weighted by molar-refractivity contribution is 5.90. The van der Waals surface area contributed by atoms with Gasteiger partial charge in [0.2, 0.25) is 5.89 Å². The molecule has 0 saturated carbocycles. The van der Waals surface area contributed by atoms with Crippen LogP contribution in [0.15, 0.2) is 4.52 Å². The van der Waals surface area contributed by atoms with Crippen LogP contribution in [0.5, 0.6) is 0 Å². The molecule has 1 aromatic rings. The monoisotopic (exact) mass is 254 g/mol. The summed E-state index contributed by atoms with van der Waals surface area (Å²) in [7, 11) is 0. The van der Waals surface area contributed by atoms with Crippen LogP contribution in [0.2, 0.25) is 0 Å². The lowest BCUT2D eigenvalue weighted by atomic mass is 10.2. The van der Waals surface area contributed by atoms with Gasteiger partial charge in [-0.25, -0.2) is 0 Å². The van der Waals surface area contributed by atoms with Crippen molar-refractivity contribution in [2.24, 2.45) is 0 Å². The van der Waals surface area contributed by atoms with E-state index in [0.717, 1.165) is 19.4 Å². The van der Waals surface area contributed by atoms with Gasteiger partial charge in [0.05, 0.1) is 12.5 Å². The molecule has 0 aromatic carbocycles. The van der Waals surface area contributed by atoms with Crippen LogP contribution in [0.3, 0.4) is 0 Å². The fourth-order valence-corrected chi connectivity index (χ4v) is 1.73. The van der Waals surface area contributed by atoms with E-state index in [1.54, 1.807) is 0 Å². The van der Waals surface area contributed by atoms with E-state index < -0.39 is 11.9 Å². The first kappa shape index (κ1) is 12.5. The molecule has 1 atom stereocenters. The molecule has 0 radical (unpaired) electrons. The van der Waals surface area contributed by atoms with Gasteiger partial charge in [-0.1, -0.05) is 5.16 Å². The molecular weight excluding hydrogens is 240 g/mol. The molecule has 0 aliphatic carbocycles. The topological polar surface area (TPSA) is 117 Å². The van der Waals surface area contributed by atoms with Gasteiger partial charge >= 0.3 is 5.97 Å². The first-order chi connectivity index (χ1) is 8.66. The van der Waals surface area contributed by atoms with Crippen molar-refractivity contribution < 1.29 is 19.2 Å². The first-order valence-electron chi connectivity index (χ1n) is 5.74. The number of carbonyl (C=O) groups excluding carboxylic acids is 1. The molecule has 1 amide bonds. The molecule has 1 aromatic heterocycles. The Bertz CT molecular complexity index is 439. The third-order valence-corrected chi connectivity index (χ3v) is 2.63. The second-order valence-corrected chi connectivity index (χ2v) is 4.00. The van der Waals surface area contributed by atoms with Crippen molar-refractivity contribution in [1.29, 1.82) is 0 Å². The van der Waals surface area contributed by atoms with Crippen molar-refractivity contribution in [3.8, 4) is 0 Å². The summed E-state index contributed by atoms with van der Waals surface area (Å²) in [5.41, 5.74) is 0. The minimum Gasteiger partial charge on any atom is -0.481 e. The first-order valence-corrected chi connectivity index (χ1v) is 5.74. The molecule has 1 saturated heterocycles. The number of carboxylic acid groups (broad SMARTS) is 1. The summed E-state index contributed by atoms with van der Waals surface area (Å²) in [6.45, 7) is 0.937. The highest BCUT2D eigenvalue weighted by Gasteiger charge is 2.24. The molecule has 1 fully saturated rings. The molecule has 0 spiro atoms. The molecular formula is C10H14N4O4. The normalized spacial score (nSPS) is 18.8. The predicted octanol–water partition coefficient (Wildman–Crippen LogP) is -0.301. The van der Waals surface area contributed by atoms with Gasteiger partial charge in [0, 0.05) is 6.54 Å². The van der Waals surface area contributed by atoms with Crippen molar-refractivity contribution in [1.82, 2.24) is 20.8 Å². The van der Waals surface area contributed by atoms with E-state index in [0.29, 0.717) is 5.89 Å². The van der Waals surface area contributed by atoms with Gasteiger partial charge in [-0.2, -0.15) is 4.98 Å². The molecule has 1 unspecified atom stereocenters. The van der Waals surface area contributed by atoms with Crippen LogP contribution in [-0.2, 0) is 4.79 Å². The standard InChI is InChI=1S/C10H14N4O4/c15-7(16)3-5-12-9(17)8-13-10(18-14-8)6-2-1-4-11-6/h6,11H,1-5H2,(H,12,17)(H,15,16). The molecule has 8 nitrogen and oxygen atoms in total. The molecule has 3 N–H and O–H groups in total. The zero-order valence-electron chi connectivity index (χ0n) is 9.68. The third-order valence-electron chi connectivity index (χ3n) is 2.63. The number of hydrogen-bond donors (Lipinski definition) is 3. The molecule has 0 bridgehead atoms. The number of rotatable bonds is 5. The summed E-state index contributed by atoms with van der Waals surface area (Å²) in [4.78, 5) is 25.8. The Labute approximate surface area is 103 Å². The van der Waals surface area contributed by atoms with Gasteiger partial charge in [-0.15, -0.1) is 0 Å². The second kappa shape index (κ2) is 5.58. The predicted molar refractivity (Wildman–Crippen MR) is 58.9 cm³/mol. The lowest BCUT2D eigenvalue weighted by molar-refractivity contribution is -0.136. The van der Waals surface area contributed by atoms with Gasteiger partial charge in [-0.05, 0) is 19.4 Å². The number of aromatic nitrogens is 2. The van der Waals surface area contributed by atoms with Crippen LogP contribution >= 0.6 is 0 Å². The SMILES string of the molecule is O=C(O)CCNC(=O)c1noc(C2CCCN2)n1. The smallest absolute Gasteiger partial charge is 0.305 e. The summed E-state index contributed by atoms with van der Waals surface area (Å²) in [6, 6.07) is 0.0121. The summed E-state index contributed by atoms with van der Waals surface area (Å²) >= 11 is 0. The number of carbonyl (C=O) groups is 2. The largest absolute Gasteiger partial charge is 0.481 e. The Kier molecular flexibility index (Phi) is 3.88. The number of nitrogens with one attached hydrogen (secondary N) is 2. The molecule has 1 aliphatic heterocycles. The fourth-order valence-electron chi connectivity index (χ4n) is 1.73. The summed E-state index contributed by atoms with van der Waals surface area (Å²) < 4.78 is 5.00. The maximum Gasteiger partial charge on any atom is 0.305 e. The quantitative estimate of drug-likeness (QED) is 0.660. The highest BCUT2D eigenvalue weighted by Crippen LogP contribution is 2.20. The summed E-state index contributed by atoms with van der Waals surface area (Å²) in [5.74, 6) is -1.16. The number of nitrogens with zero attached hydrogens (tertiary/aromatic N) is 2. The highest BCUT2D eigenvalue weighted by atomic mass is 16.5. The average molecular weight is 254 g/mol. The van der Waals surface area contributed by atoms with Gasteiger partial charge in [0.25, 0.3) is 11.7 Å². The number of aliphatic carboxylic acids is 1. The van der Waals surface area contributed by atoms with Crippen LogP contribution < -0.4 is 10.6 Å². The van der Waals surface area contributed by atoms with E-state index in [-0.39, 0.29) is 24.8 Å². The maximum absolute atomic E-state index is 11.5. The molecule has 8 heteroatoms. The van der Waals surface area contributed by atoms with Gasteiger partial charge in [0.15, 0.2) is 0 Å². The minimum absolute atomic E-state index is 0.0121. The van der Waals surface area contributed by atoms with Crippen molar-refractivity contribution in [2.75, 3.05) is 13.1 Å². The van der Waals surface area contributed by atoms with E-state index >= 15 is 0 Å². The lowest BCUT2D eigenvalue weighted by Gasteiger charge is -2.01. The van der Waals surface area contributed by atoms with Crippen molar-refractivity contribution in [3.05, 3.63) is 11.7 Å². The number of amides is 1. The zero-order chi connectivity index (χ0) is 13.0. The Morgan fingerprint density at radius 2 is 2.39 bits per heavy atom. The second-order valence-electron chi connectivity index (χ2n) is 4.00. The number of carboxylic acids is 1.